The van der Waals surface area contributed by atoms with Gasteiger partial charge in [0.1, 0.15) is 0 Å². The van der Waals surface area contributed by atoms with E-state index in [1.54, 1.807) is 6.92 Å². The van der Waals surface area contributed by atoms with Crippen molar-refractivity contribution < 1.29 is 19.4 Å². The first kappa shape index (κ1) is 13.2. The Balaban J connectivity index is 2.56. The molecule has 0 aliphatic carbocycles. The van der Waals surface area contributed by atoms with Crippen LogP contribution in [0.2, 0.25) is 0 Å². The molecule has 2 N–H and O–H groups in total. The van der Waals surface area contributed by atoms with Gasteiger partial charge in [-0.15, -0.1) is 0 Å². The molecule has 0 radical (unpaired) electrons. The SMILES string of the molecule is CCOC(=O)C(NCc1ccccc1)C(=O)O. The Hall–Kier alpha value is -1.88. The molecule has 0 fully saturated rings. The Kier molecular flexibility index (Phi) is 5.16. The highest BCUT2D eigenvalue weighted by Gasteiger charge is 2.26. The quantitative estimate of drug-likeness (QED) is 0.565. The number of carbonyl (C=O) groups is 2. The molecule has 1 aromatic rings. The van der Waals surface area contributed by atoms with Crippen molar-refractivity contribution in [2.45, 2.75) is 19.5 Å². The molecule has 0 aromatic heterocycles. The highest BCUT2D eigenvalue weighted by Crippen LogP contribution is 1.99. The smallest absolute Gasteiger partial charge is 0.334 e. The lowest BCUT2D eigenvalue weighted by Crippen LogP contribution is -2.44. The third-order valence-corrected chi connectivity index (χ3v) is 2.12. The molecule has 1 aromatic carbocycles. The molecular weight excluding hydrogens is 222 g/mol. The van der Waals surface area contributed by atoms with Gasteiger partial charge in [-0.3, -0.25) is 5.32 Å². The lowest BCUT2D eigenvalue weighted by atomic mass is 10.2. The van der Waals surface area contributed by atoms with Crippen molar-refractivity contribution in [3.63, 3.8) is 0 Å². The highest BCUT2D eigenvalue weighted by atomic mass is 16.5. The van der Waals surface area contributed by atoms with Gasteiger partial charge in [-0.1, -0.05) is 30.3 Å². The number of ether oxygens (including phenoxy) is 1. The number of carboxylic acids is 1. The van der Waals surface area contributed by atoms with Gasteiger partial charge in [-0.05, 0) is 12.5 Å². The number of nitrogens with one attached hydrogen (secondary N) is 1. The van der Waals surface area contributed by atoms with E-state index in [0.29, 0.717) is 6.54 Å². The van der Waals surface area contributed by atoms with Gasteiger partial charge in [-0.2, -0.15) is 0 Å². The Bertz CT molecular complexity index is 377. The summed E-state index contributed by atoms with van der Waals surface area (Å²) >= 11 is 0. The predicted molar refractivity (Wildman–Crippen MR) is 61.3 cm³/mol. The molecule has 0 saturated carbocycles. The molecule has 0 aliphatic rings. The van der Waals surface area contributed by atoms with E-state index in [9.17, 15) is 9.59 Å². The van der Waals surface area contributed by atoms with Crippen LogP contribution in [-0.2, 0) is 20.9 Å². The molecule has 0 heterocycles. The minimum atomic E-state index is -1.32. The van der Waals surface area contributed by atoms with Crippen LogP contribution in [0, 0.1) is 0 Å². The molecule has 0 spiro atoms. The van der Waals surface area contributed by atoms with E-state index >= 15 is 0 Å². The van der Waals surface area contributed by atoms with E-state index < -0.39 is 18.0 Å². The minimum Gasteiger partial charge on any atom is -0.480 e. The number of rotatable bonds is 6. The molecule has 1 atom stereocenters. The summed E-state index contributed by atoms with van der Waals surface area (Å²) in [5, 5.41) is 11.5. The number of benzene rings is 1. The first-order valence-corrected chi connectivity index (χ1v) is 5.32. The number of carbonyl (C=O) groups excluding carboxylic acids is 1. The Labute approximate surface area is 99.4 Å². The molecule has 0 aliphatic heterocycles. The average molecular weight is 237 g/mol. The van der Waals surface area contributed by atoms with Crippen LogP contribution in [0.3, 0.4) is 0 Å². The van der Waals surface area contributed by atoms with Crippen molar-refractivity contribution >= 4 is 11.9 Å². The van der Waals surface area contributed by atoms with Crippen LogP contribution in [0.25, 0.3) is 0 Å². The molecule has 5 nitrogen and oxygen atoms in total. The molecule has 17 heavy (non-hydrogen) atoms. The topological polar surface area (TPSA) is 75.6 Å². The van der Waals surface area contributed by atoms with E-state index in [0.717, 1.165) is 5.56 Å². The summed E-state index contributed by atoms with van der Waals surface area (Å²) in [7, 11) is 0. The molecule has 5 heteroatoms. The lowest BCUT2D eigenvalue weighted by molar-refractivity contribution is -0.154. The van der Waals surface area contributed by atoms with Crippen molar-refractivity contribution in [1.82, 2.24) is 5.32 Å². The van der Waals surface area contributed by atoms with Gasteiger partial charge in [0.05, 0.1) is 6.61 Å². The van der Waals surface area contributed by atoms with Crippen molar-refractivity contribution in [2.75, 3.05) is 6.61 Å². The van der Waals surface area contributed by atoms with Crippen molar-refractivity contribution in [3.05, 3.63) is 35.9 Å². The van der Waals surface area contributed by atoms with E-state index in [1.165, 1.54) is 0 Å². The molecule has 1 rings (SSSR count). The maximum atomic E-state index is 11.3. The monoisotopic (exact) mass is 237 g/mol. The zero-order chi connectivity index (χ0) is 12.7. The standard InChI is InChI=1S/C12H15NO4/c1-2-17-12(16)10(11(14)15)13-8-9-6-4-3-5-7-9/h3-7,10,13H,2,8H2,1H3,(H,14,15). The summed E-state index contributed by atoms with van der Waals surface area (Å²) in [6.45, 7) is 2.10. The van der Waals surface area contributed by atoms with Crippen molar-refractivity contribution in [3.8, 4) is 0 Å². The molecule has 0 bridgehead atoms. The second-order valence-electron chi connectivity index (χ2n) is 3.39. The number of hydrogen-bond donors (Lipinski definition) is 2. The predicted octanol–water partition coefficient (Wildman–Crippen LogP) is 0.792. The summed E-state index contributed by atoms with van der Waals surface area (Å²) in [6.07, 6.45) is 0. The van der Waals surface area contributed by atoms with Crippen LogP contribution in [0.4, 0.5) is 0 Å². The Morgan fingerprint density at radius 1 is 1.35 bits per heavy atom. The van der Waals surface area contributed by atoms with Crippen LogP contribution in [0.5, 0.6) is 0 Å². The van der Waals surface area contributed by atoms with Crippen LogP contribution in [-0.4, -0.2) is 29.7 Å². The first-order valence-electron chi connectivity index (χ1n) is 5.32. The van der Waals surface area contributed by atoms with E-state index in [-0.39, 0.29) is 6.61 Å². The third kappa shape index (κ3) is 4.24. The van der Waals surface area contributed by atoms with E-state index in [2.05, 4.69) is 10.1 Å². The second-order valence-corrected chi connectivity index (χ2v) is 3.39. The summed E-state index contributed by atoms with van der Waals surface area (Å²) in [4.78, 5) is 22.2. The van der Waals surface area contributed by atoms with Gasteiger partial charge < -0.3 is 9.84 Å². The lowest BCUT2D eigenvalue weighted by Gasteiger charge is -2.12. The zero-order valence-corrected chi connectivity index (χ0v) is 9.55. The van der Waals surface area contributed by atoms with Crippen LogP contribution in [0.1, 0.15) is 12.5 Å². The van der Waals surface area contributed by atoms with Crippen LogP contribution < -0.4 is 5.32 Å². The summed E-state index contributed by atoms with van der Waals surface area (Å²) < 4.78 is 4.67. The van der Waals surface area contributed by atoms with Gasteiger partial charge >= 0.3 is 11.9 Å². The van der Waals surface area contributed by atoms with E-state index in [1.807, 2.05) is 30.3 Å². The Morgan fingerprint density at radius 2 is 2.00 bits per heavy atom. The fraction of sp³-hybridized carbons (Fsp3) is 0.333. The van der Waals surface area contributed by atoms with Gasteiger partial charge in [0.2, 0.25) is 6.04 Å². The largest absolute Gasteiger partial charge is 0.480 e. The summed E-state index contributed by atoms with van der Waals surface area (Å²) in [5.41, 5.74) is 0.906. The number of carboxylic acid groups (broad SMARTS) is 1. The van der Waals surface area contributed by atoms with E-state index in [4.69, 9.17) is 5.11 Å². The minimum absolute atomic E-state index is 0.162. The van der Waals surface area contributed by atoms with Crippen LogP contribution in [0.15, 0.2) is 30.3 Å². The Morgan fingerprint density at radius 3 is 2.53 bits per heavy atom. The third-order valence-electron chi connectivity index (χ3n) is 2.12. The zero-order valence-electron chi connectivity index (χ0n) is 9.55. The van der Waals surface area contributed by atoms with Gasteiger partial charge in [0.15, 0.2) is 0 Å². The molecule has 1 unspecified atom stereocenters. The fourth-order valence-corrected chi connectivity index (χ4v) is 1.31. The van der Waals surface area contributed by atoms with Crippen molar-refractivity contribution in [1.29, 1.82) is 0 Å². The van der Waals surface area contributed by atoms with Gasteiger partial charge in [0.25, 0.3) is 0 Å². The summed E-state index contributed by atoms with van der Waals surface area (Å²) in [5.74, 6) is -2.00. The maximum absolute atomic E-state index is 11.3. The maximum Gasteiger partial charge on any atom is 0.334 e. The number of aliphatic carboxylic acids is 1. The van der Waals surface area contributed by atoms with Gasteiger partial charge in [-0.25, -0.2) is 9.59 Å². The summed E-state index contributed by atoms with van der Waals surface area (Å²) in [6, 6.07) is 7.92. The van der Waals surface area contributed by atoms with Crippen LogP contribution >= 0.6 is 0 Å². The number of hydrogen-bond acceptors (Lipinski definition) is 4. The highest BCUT2D eigenvalue weighted by molar-refractivity contribution is 5.98. The molecule has 0 amide bonds. The second kappa shape index (κ2) is 6.65. The molecule has 0 saturated heterocycles. The number of esters is 1. The average Bonchev–Trinajstić information content (AvgIpc) is 2.30. The first-order chi connectivity index (χ1) is 8.15. The molecule has 92 valence electrons. The fourth-order valence-electron chi connectivity index (χ4n) is 1.31. The van der Waals surface area contributed by atoms with Crippen molar-refractivity contribution in [2.24, 2.45) is 0 Å². The normalized spacial score (nSPS) is 11.8. The van der Waals surface area contributed by atoms with Gasteiger partial charge in [0, 0.05) is 6.54 Å². The molecular formula is C12H15NO4.